The summed E-state index contributed by atoms with van der Waals surface area (Å²) >= 11 is 0. The minimum atomic E-state index is -0.589. The molecule has 1 N–H and O–H groups in total. The van der Waals surface area contributed by atoms with Gasteiger partial charge in [-0.05, 0) is 24.3 Å². The summed E-state index contributed by atoms with van der Waals surface area (Å²) in [6, 6.07) is 7.43. The molecule has 6 nitrogen and oxygen atoms in total. The summed E-state index contributed by atoms with van der Waals surface area (Å²) in [5, 5.41) is 2.55. The normalized spacial score (nSPS) is 18.2. The maximum Gasteiger partial charge on any atom is 0.254 e. The fourth-order valence-corrected chi connectivity index (χ4v) is 2.24. The lowest BCUT2D eigenvalue weighted by molar-refractivity contribution is -0.136. The minimum Gasteiger partial charge on any atom is -0.378 e. The van der Waals surface area contributed by atoms with Crippen LogP contribution in [0.25, 0.3) is 0 Å². The van der Waals surface area contributed by atoms with Gasteiger partial charge in [0.2, 0.25) is 0 Å². The molecular formula is C15H21N3O3. The van der Waals surface area contributed by atoms with Gasteiger partial charge in [0, 0.05) is 38.9 Å². The molecule has 1 aliphatic rings. The predicted molar refractivity (Wildman–Crippen MR) is 80.5 cm³/mol. The second-order valence-electron chi connectivity index (χ2n) is 5.17. The molecule has 0 radical (unpaired) electrons. The van der Waals surface area contributed by atoms with Gasteiger partial charge in [0.15, 0.2) is 6.10 Å². The van der Waals surface area contributed by atoms with E-state index in [0.717, 1.165) is 5.69 Å². The van der Waals surface area contributed by atoms with Crippen LogP contribution in [-0.2, 0) is 9.53 Å². The molecule has 0 aliphatic carbocycles. The number of carbonyl (C=O) groups is 2. The molecule has 1 aliphatic heterocycles. The van der Waals surface area contributed by atoms with Gasteiger partial charge in [-0.3, -0.25) is 9.59 Å². The second kappa shape index (κ2) is 6.58. The van der Waals surface area contributed by atoms with Gasteiger partial charge in [-0.15, -0.1) is 0 Å². The first-order valence-corrected chi connectivity index (χ1v) is 6.93. The fourth-order valence-electron chi connectivity index (χ4n) is 2.24. The first kappa shape index (κ1) is 15.3. The SMILES string of the molecule is CNC(=O)C1CN(C(=O)c2ccc(N(C)C)cc2)CCO1. The highest BCUT2D eigenvalue weighted by Crippen LogP contribution is 2.15. The number of ether oxygens (including phenoxy) is 1. The Morgan fingerprint density at radius 2 is 1.95 bits per heavy atom. The maximum absolute atomic E-state index is 12.5. The summed E-state index contributed by atoms with van der Waals surface area (Å²) in [5.74, 6) is -0.270. The zero-order chi connectivity index (χ0) is 15.4. The van der Waals surface area contributed by atoms with Crippen LogP contribution in [-0.4, -0.2) is 63.7 Å². The molecule has 1 saturated heterocycles. The molecule has 114 valence electrons. The largest absolute Gasteiger partial charge is 0.378 e. The first-order chi connectivity index (χ1) is 10.0. The third-order valence-corrected chi connectivity index (χ3v) is 3.52. The van der Waals surface area contributed by atoms with Crippen molar-refractivity contribution >= 4 is 17.5 Å². The molecule has 6 heteroatoms. The molecular weight excluding hydrogens is 270 g/mol. The Morgan fingerprint density at radius 3 is 2.52 bits per heavy atom. The number of nitrogens with zero attached hydrogens (tertiary/aromatic N) is 2. The Kier molecular flexibility index (Phi) is 4.80. The van der Waals surface area contributed by atoms with E-state index < -0.39 is 6.10 Å². The lowest BCUT2D eigenvalue weighted by atomic mass is 10.1. The van der Waals surface area contributed by atoms with Crippen molar-refractivity contribution < 1.29 is 14.3 Å². The number of nitrogens with one attached hydrogen (secondary N) is 1. The summed E-state index contributed by atoms with van der Waals surface area (Å²) in [4.78, 5) is 27.7. The summed E-state index contributed by atoms with van der Waals surface area (Å²) < 4.78 is 5.38. The van der Waals surface area contributed by atoms with Gasteiger partial charge in [-0.25, -0.2) is 0 Å². The molecule has 0 aromatic heterocycles. The average Bonchev–Trinajstić information content (AvgIpc) is 2.53. The first-order valence-electron chi connectivity index (χ1n) is 6.93. The standard InChI is InChI=1S/C15H21N3O3/c1-16-14(19)13-10-18(8-9-21-13)15(20)11-4-6-12(7-5-11)17(2)3/h4-7,13H,8-10H2,1-3H3,(H,16,19). The van der Waals surface area contributed by atoms with Crippen LogP contribution in [0.1, 0.15) is 10.4 Å². The zero-order valence-corrected chi connectivity index (χ0v) is 12.6. The molecule has 2 rings (SSSR count). The number of hydrogen-bond acceptors (Lipinski definition) is 4. The molecule has 21 heavy (non-hydrogen) atoms. The van der Waals surface area contributed by atoms with Crippen LogP contribution in [0.15, 0.2) is 24.3 Å². The molecule has 1 fully saturated rings. The third-order valence-electron chi connectivity index (χ3n) is 3.52. The van der Waals surface area contributed by atoms with Crippen molar-refractivity contribution in [2.45, 2.75) is 6.10 Å². The van der Waals surface area contributed by atoms with Gasteiger partial charge in [-0.1, -0.05) is 0 Å². The van der Waals surface area contributed by atoms with Gasteiger partial charge in [0.05, 0.1) is 13.2 Å². The van der Waals surface area contributed by atoms with Crippen molar-refractivity contribution in [3.8, 4) is 0 Å². The van der Waals surface area contributed by atoms with Crippen LogP contribution < -0.4 is 10.2 Å². The number of morpholine rings is 1. The Balaban J connectivity index is 2.06. The van der Waals surface area contributed by atoms with Gasteiger partial charge < -0.3 is 19.9 Å². The number of anilines is 1. The quantitative estimate of drug-likeness (QED) is 0.872. The van der Waals surface area contributed by atoms with Gasteiger partial charge in [-0.2, -0.15) is 0 Å². The van der Waals surface area contributed by atoms with Crippen molar-refractivity contribution in [1.29, 1.82) is 0 Å². The fraction of sp³-hybridized carbons (Fsp3) is 0.467. The van der Waals surface area contributed by atoms with Crippen molar-refractivity contribution in [3.63, 3.8) is 0 Å². The predicted octanol–water partition coefficient (Wildman–Crippen LogP) is 0.340. The van der Waals surface area contributed by atoms with Crippen molar-refractivity contribution in [1.82, 2.24) is 10.2 Å². The van der Waals surface area contributed by atoms with Crippen molar-refractivity contribution in [2.75, 3.05) is 45.7 Å². The Labute approximate surface area is 124 Å². The smallest absolute Gasteiger partial charge is 0.254 e. The van der Waals surface area contributed by atoms with Gasteiger partial charge in [0.25, 0.3) is 11.8 Å². The van der Waals surface area contributed by atoms with E-state index in [-0.39, 0.29) is 18.4 Å². The minimum absolute atomic E-state index is 0.0718. The van der Waals surface area contributed by atoms with Gasteiger partial charge in [0.1, 0.15) is 0 Å². The Morgan fingerprint density at radius 1 is 1.29 bits per heavy atom. The van der Waals surface area contributed by atoms with E-state index in [1.54, 1.807) is 11.9 Å². The topological polar surface area (TPSA) is 61.9 Å². The van der Waals surface area contributed by atoms with E-state index >= 15 is 0 Å². The number of amides is 2. The van der Waals surface area contributed by atoms with Crippen molar-refractivity contribution in [2.24, 2.45) is 0 Å². The van der Waals surface area contributed by atoms with Crippen LogP contribution in [0, 0.1) is 0 Å². The van der Waals surface area contributed by atoms with E-state index in [1.165, 1.54) is 0 Å². The highest BCUT2D eigenvalue weighted by Gasteiger charge is 2.29. The summed E-state index contributed by atoms with van der Waals surface area (Å²) in [7, 11) is 5.46. The molecule has 0 spiro atoms. The Hall–Kier alpha value is -2.08. The summed E-state index contributed by atoms with van der Waals surface area (Å²) in [5.41, 5.74) is 1.66. The Bertz CT molecular complexity index is 513. The maximum atomic E-state index is 12.5. The summed E-state index contributed by atoms with van der Waals surface area (Å²) in [6.07, 6.45) is -0.589. The van der Waals surface area contributed by atoms with Crippen molar-refractivity contribution in [3.05, 3.63) is 29.8 Å². The lowest BCUT2D eigenvalue weighted by Crippen LogP contribution is -2.51. The van der Waals surface area contributed by atoms with Gasteiger partial charge >= 0.3 is 0 Å². The van der Waals surface area contributed by atoms with Crippen LogP contribution in [0.2, 0.25) is 0 Å². The number of carbonyl (C=O) groups excluding carboxylic acids is 2. The molecule has 1 atom stereocenters. The average molecular weight is 291 g/mol. The third kappa shape index (κ3) is 3.52. The summed E-state index contributed by atoms with van der Waals surface area (Å²) in [6.45, 7) is 1.16. The molecule has 1 unspecified atom stereocenters. The number of likely N-dealkylation sites (N-methyl/N-ethyl adjacent to an activating group) is 1. The number of rotatable bonds is 3. The number of benzene rings is 1. The van der Waals surface area contributed by atoms with Crippen LogP contribution in [0.3, 0.4) is 0 Å². The second-order valence-corrected chi connectivity index (χ2v) is 5.17. The molecule has 2 amide bonds. The van der Waals surface area contributed by atoms with E-state index in [4.69, 9.17) is 4.74 Å². The number of hydrogen-bond donors (Lipinski definition) is 1. The molecule has 1 heterocycles. The molecule has 0 bridgehead atoms. The molecule has 0 saturated carbocycles. The van der Waals surface area contributed by atoms with E-state index in [9.17, 15) is 9.59 Å². The molecule has 1 aromatic carbocycles. The zero-order valence-electron chi connectivity index (χ0n) is 12.6. The van der Waals surface area contributed by atoms with E-state index in [1.807, 2.05) is 43.3 Å². The van der Waals surface area contributed by atoms with Crippen LogP contribution >= 0.6 is 0 Å². The highest BCUT2D eigenvalue weighted by atomic mass is 16.5. The van der Waals surface area contributed by atoms with E-state index in [2.05, 4.69) is 5.32 Å². The van der Waals surface area contributed by atoms with Crippen LogP contribution in [0.4, 0.5) is 5.69 Å². The van der Waals surface area contributed by atoms with Crippen LogP contribution in [0.5, 0.6) is 0 Å². The van der Waals surface area contributed by atoms with E-state index in [0.29, 0.717) is 18.7 Å². The highest BCUT2D eigenvalue weighted by molar-refractivity contribution is 5.95. The monoisotopic (exact) mass is 291 g/mol. The lowest BCUT2D eigenvalue weighted by Gasteiger charge is -2.32. The molecule has 1 aromatic rings.